The average molecular weight is 473 g/mol. The Kier molecular flexibility index (Phi) is 6.53. The van der Waals surface area contributed by atoms with Crippen LogP contribution >= 0.6 is 0 Å². The molecule has 2 heterocycles. The predicted octanol–water partition coefficient (Wildman–Crippen LogP) is 4.41. The van der Waals surface area contributed by atoms with Crippen LogP contribution in [0.1, 0.15) is 15.9 Å². The minimum absolute atomic E-state index is 0.0148. The Morgan fingerprint density at radius 1 is 0.971 bits per heavy atom. The number of nitrogens with zero attached hydrogens (tertiary/aromatic N) is 1. The van der Waals surface area contributed by atoms with Gasteiger partial charge in [0.25, 0.3) is 5.91 Å². The van der Waals surface area contributed by atoms with E-state index in [0.717, 1.165) is 12.1 Å². The number of benzene rings is 2. The summed E-state index contributed by atoms with van der Waals surface area (Å²) in [5, 5.41) is 5.27. The molecule has 0 spiro atoms. The molecule has 2 aromatic carbocycles. The van der Waals surface area contributed by atoms with Crippen LogP contribution in [0.5, 0.6) is 11.5 Å². The van der Waals surface area contributed by atoms with Gasteiger partial charge in [-0.15, -0.1) is 0 Å². The Balaban J connectivity index is 1.39. The van der Waals surface area contributed by atoms with Gasteiger partial charge in [0.15, 0.2) is 18.1 Å². The molecular weight excluding hydrogens is 455 g/mol. The van der Waals surface area contributed by atoms with E-state index in [1.54, 1.807) is 18.2 Å². The van der Waals surface area contributed by atoms with E-state index in [9.17, 15) is 22.8 Å². The number of hydrogen-bond acceptors (Lipinski definition) is 7. The van der Waals surface area contributed by atoms with Crippen LogP contribution in [0.4, 0.5) is 30.4 Å². The van der Waals surface area contributed by atoms with Crippen molar-refractivity contribution in [2.24, 2.45) is 0 Å². The summed E-state index contributed by atoms with van der Waals surface area (Å²) in [6, 6.07) is 12.2. The number of amides is 1. The van der Waals surface area contributed by atoms with Crippen LogP contribution in [0, 0.1) is 0 Å². The van der Waals surface area contributed by atoms with Crippen molar-refractivity contribution in [1.82, 2.24) is 4.98 Å². The first kappa shape index (κ1) is 22.9. The van der Waals surface area contributed by atoms with E-state index >= 15 is 0 Å². The van der Waals surface area contributed by atoms with Crippen molar-refractivity contribution in [2.75, 3.05) is 30.5 Å². The first-order valence-electron chi connectivity index (χ1n) is 10.1. The number of pyridine rings is 1. The van der Waals surface area contributed by atoms with Crippen molar-refractivity contribution in [1.29, 1.82) is 0 Å². The van der Waals surface area contributed by atoms with Crippen molar-refractivity contribution in [3.05, 3.63) is 71.9 Å². The fourth-order valence-electron chi connectivity index (χ4n) is 3.11. The number of hydrogen-bond donors (Lipinski definition) is 2. The van der Waals surface area contributed by atoms with E-state index < -0.39 is 30.2 Å². The summed E-state index contributed by atoms with van der Waals surface area (Å²) in [6.07, 6.45) is -3.16. The van der Waals surface area contributed by atoms with Crippen LogP contribution in [0.3, 0.4) is 0 Å². The second-order valence-corrected chi connectivity index (χ2v) is 7.09. The second kappa shape index (κ2) is 9.69. The molecule has 176 valence electrons. The summed E-state index contributed by atoms with van der Waals surface area (Å²) < 4.78 is 54.8. The predicted molar refractivity (Wildman–Crippen MR) is 115 cm³/mol. The molecule has 34 heavy (non-hydrogen) atoms. The highest BCUT2D eigenvalue weighted by atomic mass is 19.4. The van der Waals surface area contributed by atoms with Crippen LogP contribution < -0.4 is 20.1 Å². The van der Waals surface area contributed by atoms with Crippen molar-refractivity contribution in [2.45, 2.75) is 6.18 Å². The number of fused-ring (bicyclic) bond motifs is 1. The van der Waals surface area contributed by atoms with Crippen LogP contribution in [0.25, 0.3) is 0 Å². The summed E-state index contributed by atoms with van der Waals surface area (Å²) in [4.78, 5) is 28.8. The lowest BCUT2D eigenvalue weighted by atomic mass is 10.2. The maximum absolute atomic E-state index is 13.0. The highest BCUT2D eigenvalue weighted by Crippen LogP contribution is 2.33. The average Bonchev–Trinajstić information content (AvgIpc) is 2.82. The summed E-state index contributed by atoms with van der Waals surface area (Å²) in [5.74, 6) is -0.435. The highest BCUT2D eigenvalue weighted by molar-refractivity contribution is 5.98. The van der Waals surface area contributed by atoms with E-state index in [0.29, 0.717) is 30.4 Å². The number of anilines is 3. The molecule has 4 rings (SSSR count). The lowest BCUT2D eigenvalue weighted by molar-refractivity contribution is -0.137. The van der Waals surface area contributed by atoms with Crippen LogP contribution in [-0.2, 0) is 15.7 Å². The third-order valence-electron chi connectivity index (χ3n) is 4.64. The summed E-state index contributed by atoms with van der Waals surface area (Å²) >= 11 is 0. The van der Waals surface area contributed by atoms with E-state index in [-0.39, 0.29) is 17.1 Å². The Morgan fingerprint density at radius 3 is 2.56 bits per heavy atom. The van der Waals surface area contributed by atoms with Crippen molar-refractivity contribution in [3.63, 3.8) is 0 Å². The van der Waals surface area contributed by atoms with Gasteiger partial charge in [-0.3, -0.25) is 4.79 Å². The molecule has 3 aromatic rings. The van der Waals surface area contributed by atoms with Crippen LogP contribution in [0.2, 0.25) is 0 Å². The minimum atomic E-state index is -4.52. The Bertz CT molecular complexity index is 1220. The molecule has 1 aromatic heterocycles. The number of ether oxygens (including phenoxy) is 3. The molecule has 1 amide bonds. The van der Waals surface area contributed by atoms with Crippen LogP contribution in [0.15, 0.2) is 60.8 Å². The zero-order valence-electron chi connectivity index (χ0n) is 17.5. The first-order chi connectivity index (χ1) is 16.3. The van der Waals surface area contributed by atoms with Gasteiger partial charge in [-0.1, -0.05) is 6.07 Å². The number of esters is 1. The first-order valence-corrected chi connectivity index (χ1v) is 10.1. The highest BCUT2D eigenvalue weighted by Gasteiger charge is 2.30. The van der Waals surface area contributed by atoms with Crippen molar-refractivity contribution < 1.29 is 37.0 Å². The van der Waals surface area contributed by atoms with Gasteiger partial charge in [-0.25, -0.2) is 9.78 Å². The third-order valence-corrected chi connectivity index (χ3v) is 4.64. The molecule has 0 unspecified atom stereocenters. The van der Waals surface area contributed by atoms with Crippen molar-refractivity contribution >= 4 is 29.1 Å². The minimum Gasteiger partial charge on any atom is -0.486 e. The fraction of sp³-hybridized carbons (Fsp3) is 0.174. The molecule has 8 nitrogen and oxygen atoms in total. The normalized spacial score (nSPS) is 12.6. The van der Waals surface area contributed by atoms with Gasteiger partial charge in [0.2, 0.25) is 0 Å². The Morgan fingerprint density at radius 2 is 1.76 bits per heavy atom. The van der Waals surface area contributed by atoms with Gasteiger partial charge in [0.05, 0.1) is 5.56 Å². The lowest BCUT2D eigenvalue weighted by Crippen LogP contribution is -2.22. The molecule has 2 N–H and O–H groups in total. The summed E-state index contributed by atoms with van der Waals surface area (Å²) in [5.41, 5.74) is -0.391. The number of carbonyl (C=O) groups is 2. The third kappa shape index (κ3) is 5.55. The quantitative estimate of drug-likeness (QED) is 0.512. The second-order valence-electron chi connectivity index (χ2n) is 7.09. The molecule has 0 atom stereocenters. The van der Waals surface area contributed by atoms with Gasteiger partial charge >= 0.3 is 12.1 Å². The number of alkyl halides is 3. The van der Waals surface area contributed by atoms with E-state index in [1.165, 1.54) is 30.5 Å². The molecule has 0 fully saturated rings. The maximum Gasteiger partial charge on any atom is 0.416 e. The van der Waals surface area contributed by atoms with E-state index in [1.807, 2.05) is 0 Å². The molecule has 0 aliphatic carbocycles. The monoisotopic (exact) mass is 473 g/mol. The fourth-order valence-corrected chi connectivity index (χ4v) is 3.11. The molecule has 0 radical (unpaired) electrons. The largest absolute Gasteiger partial charge is 0.486 e. The van der Waals surface area contributed by atoms with Gasteiger partial charge in [0.1, 0.15) is 24.6 Å². The Hall–Kier alpha value is -4.28. The topological polar surface area (TPSA) is 98.8 Å². The van der Waals surface area contributed by atoms with Gasteiger partial charge < -0.3 is 24.8 Å². The van der Waals surface area contributed by atoms with Gasteiger partial charge in [-0.05, 0) is 42.5 Å². The van der Waals surface area contributed by atoms with Crippen LogP contribution in [-0.4, -0.2) is 36.7 Å². The summed E-state index contributed by atoms with van der Waals surface area (Å²) in [6.45, 7) is 0.239. The molecule has 11 heteroatoms. The zero-order chi connectivity index (χ0) is 24.1. The maximum atomic E-state index is 13.0. The number of nitrogens with one attached hydrogen (secondary N) is 2. The molecule has 0 saturated heterocycles. The molecular formula is C23H18F3N3O5. The van der Waals surface area contributed by atoms with Gasteiger partial charge in [-0.2, -0.15) is 13.2 Å². The SMILES string of the molecule is O=C(COC(=O)c1cccnc1Nc1cccc(C(F)(F)F)c1)Nc1ccc2c(c1)OCCO2. The van der Waals surface area contributed by atoms with E-state index in [2.05, 4.69) is 15.6 Å². The number of aromatic nitrogens is 1. The number of rotatable bonds is 6. The molecule has 0 bridgehead atoms. The summed E-state index contributed by atoms with van der Waals surface area (Å²) in [7, 11) is 0. The standard InChI is InChI=1S/C23H18F3N3O5/c24-23(25,26)14-3-1-4-15(11-14)29-21-17(5-2-8-27-21)22(31)34-13-20(30)28-16-6-7-18-19(12-16)33-10-9-32-18/h1-8,11-12H,9-10,13H2,(H,27,29)(H,28,30). The smallest absolute Gasteiger partial charge is 0.416 e. The zero-order valence-corrected chi connectivity index (χ0v) is 17.5. The number of carbonyl (C=O) groups excluding carboxylic acids is 2. The van der Waals surface area contributed by atoms with Gasteiger partial charge in [0, 0.05) is 23.6 Å². The van der Waals surface area contributed by atoms with E-state index in [4.69, 9.17) is 14.2 Å². The Labute approximate surface area is 191 Å². The molecule has 0 saturated carbocycles. The molecule has 1 aliphatic heterocycles. The van der Waals surface area contributed by atoms with Crippen molar-refractivity contribution in [3.8, 4) is 11.5 Å². The lowest BCUT2D eigenvalue weighted by Gasteiger charge is -2.19. The number of halogens is 3. The molecule has 1 aliphatic rings.